The van der Waals surface area contributed by atoms with Crippen molar-refractivity contribution in [3.63, 3.8) is 0 Å². The number of aromatic nitrogens is 3. The Kier molecular flexibility index (Phi) is 5.16. The van der Waals surface area contributed by atoms with Crippen LogP contribution in [0.25, 0.3) is 39.5 Å². The number of oxazole rings is 1. The van der Waals surface area contributed by atoms with E-state index in [2.05, 4.69) is 9.88 Å². The van der Waals surface area contributed by atoms with Crippen LogP contribution in [0.5, 0.6) is 0 Å². The van der Waals surface area contributed by atoms with Crippen LogP contribution in [0, 0.1) is 0 Å². The van der Waals surface area contributed by atoms with Crippen molar-refractivity contribution in [2.24, 2.45) is 0 Å². The van der Waals surface area contributed by atoms with Gasteiger partial charge in [0.2, 0.25) is 5.89 Å². The van der Waals surface area contributed by atoms with Gasteiger partial charge in [-0.05, 0) is 24.3 Å². The van der Waals surface area contributed by atoms with E-state index >= 15 is 0 Å². The minimum absolute atomic E-state index is 0.240. The van der Waals surface area contributed by atoms with E-state index in [4.69, 9.17) is 14.1 Å². The summed E-state index contributed by atoms with van der Waals surface area (Å²) < 4.78 is 13.2. The molecule has 3 aromatic heterocycles. The van der Waals surface area contributed by atoms with E-state index in [1.807, 2.05) is 72.8 Å². The molecule has 5 aromatic rings. The van der Waals surface area contributed by atoms with E-state index in [1.54, 1.807) is 12.4 Å². The third-order valence-electron chi connectivity index (χ3n) is 6.00. The summed E-state index contributed by atoms with van der Waals surface area (Å²) in [5.41, 5.74) is 2.83. The molecule has 0 bridgehead atoms. The first kappa shape index (κ1) is 20.4. The number of rotatable bonds is 4. The van der Waals surface area contributed by atoms with Crippen molar-refractivity contribution in [2.45, 2.75) is 0 Å². The summed E-state index contributed by atoms with van der Waals surface area (Å²) in [7, 11) is 0. The van der Waals surface area contributed by atoms with E-state index in [1.165, 1.54) is 4.57 Å². The third-order valence-corrected chi connectivity index (χ3v) is 6.00. The molecule has 0 atom stereocenters. The van der Waals surface area contributed by atoms with Crippen molar-refractivity contribution in [1.82, 2.24) is 14.5 Å². The maximum atomic E-state index is 13.5. The van der Waals surface area contributed by atoms with Gasteiger partial charge in [-0.1, -0.05) is 48.5 Å². The summed E-state index contributed by atoms with van der Waals surface area (Å²) in [5.74, 6) is 1.43. The number of hydrogen-bond acceptors (Lipinski definition) is 6. The first-order valence-corrected chi connectivity index (χ1v) is 11.2. The van der Waals surface area contributed by atoms with E-state index in [9.17, 15) is 4.79 Å². The molecule has 4 heterocycles. The van der Waals surface area contributed by atoms with Gasteiger partial charge in [-0.15, -0.1) is 0 Å². The molecule has 34 heavy (non-hydrogen) atoms. The summed E-state index contributed by atoms with van der Waals surface area (Å²) >= 11 is 0. The maximum absolute atomic E-state index is 13.5. The quantitative estimate of drug-likeness (QED) is 0.400. The number of pyridine rings is 2. The molecule has 7 heteroatoms. The van der Waals surface area contributed by atoms with Gasteiger partial charge in [0.1, 0.15) is 5.52 Å². The van der Waals surface area contributed by atoms with Gasteiger partial charge in [0, 0.05) is 35.8 Å². The third kappa shape index (κ3) is 3.66. The number of anilines is 1. The van der Waals surface area contributed by atoms with Crippen LogP contribution in [-0.4, -0.2) is 40.8 Å². The van der Waals surface area contributed by atoms with Gasteiger partial charge in [-0.25, -0.2) is 4.98 Å². The molecule has 2 aromatic carbocycles. The summed E-state index contributed by atoms with van der Waals surface area (Å²) in [6, 6.07) is 23.3. The van der Waals surface area contributed by atoms with E-state index in [0.29, 0.717) is 36.2 Å². The van der Waals surface area contributed by atoms with Crippen LogP contribution >= 0.6 is 0 Å². The highest BCUT2D eigenvalue weighted by Gasteiger charge is 2.20. The number of benzene rings is 2. The lowest BCUT2D eigenvalue weighted by Crippen LogP contribution is -2.36. The molecule has 0 amide bonds. The highest BCUT2D eigenvalue weighted by Crippen LogP contribution is 2.32. The predicted molar refractivity (Wildman–Crippen MR) is 131 cm³/mol. The Morgan fingerprint density at radius 1 is 0.853 bits per heavy atom. The normalized spacial score (nSPS) is 13.9. The SMILES string of the molecule is O=c1c2ncc(N3CCOCC3)cc2ccn1-c1nc(-c2ccccc2)oc1-c1ccccc1. The highest BCUT2D eigenvalue weighted by atomic mass is 16.5. The number of hydrogen-bond donors (Lipinski definition) is 0. The van der Waals surface area contributed by atoms with Gasteiger partial charge in [0.25, 0.3) is 5.56 Å². The van der Waals surface area contributed by atoms with Crippen LogP contribution < -0.4 is 10.5 Å². The first-order chi connectivity index (χ1) is 16.8. The van der Waals surface area contributed by atoms with Gasteiger partial charge in [-0.2, -0.15) is 4.98 Å². The van der Waals surface area contributed by atoms with Crippen LogP contribution in [0.15, 0.2) is 94.4 Å². The fraction of sp³-hybridized carbons (Fsp3) is 0.148. The second kappa shape index (κ2) is 8.61. The predicted octanol–water partition coefficient (Wildman–Crippen LogP) is 4.54. The molecule has 0 radical (unpaired) electrons. The molecule has 1 aliphatic rings. The zero-order chi connectivity index (χ0) is 22.9. The molecule has 0 aliphatic carbocycles. The van der Waals surface area contributed by atoms with Crippen molar-refractivity contribution in [3.8, 4) is 28.6 Å². The molecule has 1 saturated heterocycles. The molecule has 7 nitrogen and oxygen atoms in total. The Hall–Kier alpha value is -4.23. The number of nitrogens with zero attached hydrogens (tertiary/aromatic N) is 4. The van der Waals surface area contributed by atoms with Crippen LogP contribution in [0.4, 0.5) is 5.69 Å². The van der Waals surface area contributed by atoms with Crippen LogP contribution in [0.2, 0.25) is 0 Å². The average molecular weight is 450 g/mol. The van der Waals surface area contributed by atoms with Crippen LogP contribution in [0.1, 0.15) is 0 Å². The van der Waals surface area contributed by atoms with Gasteiger partial charge < -0.3 is 14.1 Å². The van der Waals surface area contributed by atoms with Crippen molar-refractivity contribution in [3.05, 3.63) is 95.5 Å². The van der Waals surface area contributed by atoms with E-state index in [0.717, 1.165) is 35.3 Å². The number of morpholine rings is 1. The fourth-order valence-corrected chi connectivity index (χ4v) is 4.23. The lowest BCUT2D eigenvalue weighted by Gasteiger charge is -2.28. The van der Waals surface area contributed by atoms with Gasteiger partial charge in [-0.3, -0.25) is 9.36 Å². The second-order valence-electron chi connectivity index (χ2n) is 8.13. The lowest BCUT2D eigenvalue weighted by atomic mass is 10.1. The molecule has 168 valence electrons. The maximum Gasteiger partial charge on any atom is 0.282 e. The minimum Gasteiger partial charge on any atom is -0.434 e. The van der Waals surface area contributed by atoms with Crippen molar-refractivity contribution >= 4 is 16.6 Å². The molecule has 1 aliphatic heterocycles. The van der Waals surface area contributed by atoms with Crippen molar-refractivity contribution in [1.29, 1.82) is 0 Å². The van der Waals surface area contributed by atoms with Crippen molar-refractivity contribution < 1.29 is 9.15 Å². The zero-order valence-corrected chi connectivity index (χ0v) is 18.4. The topological polar surface area (TPSA) is 73.4 Å². The summed E-state index contributed by atoms with van der Waals surface area (Å²) in [6.07, 6.45) is 3.50. The Balaban J connectivity index is 1.48. The smallest absolute Gasteiger partial charge is 0.282 e. The fourth-order valence-electron chi connectivity index (χ4n) is 4.23. The van der Waals surface area contributed by atoms with E-state index < -0.39 is 0 Å². The summed E-state index contributed by atoms with van der Waals surface area (Å²) in [6.45, 7) is 3.01. The number of ether oxygens (including phenoxy) is 1. The van der Waals surface area contributed by atoms with Crippen LogP contribution in [-0.2, 0) is 4.74 Å². The average Bonchev–Trinajstić information content (AvgIpc) is 3.35. The molecular weight excluding hydrogens is 428 g/mol. The van der Waals surface area contributed by atoms with Gasteiger partial charge in [0.05, 0.1) is 25.1 Å². The van der Waals surface area contributed by atoms with E-state index in [-0.39, 0.29) is 5.56 Å². The molecule has 6 rings (SSSR count). The molecule has 0 saturated carbocycles. The Morgan fingerprint density at radius 2 is 1.56 bits per heavy atom. The Bertz CT molecular complexity index is 1500. The monoisotopic (exact) mass is 450 g/mol. The summed E-state index contributed by atoms with van der Waals surface area (Å²) in [4.78, 5) is 25.0. The van der Waals surface area contributed by atoms with Crippen molar-refractivity contribution in [2.75, 3.05) is 31.2 Å². The second-order valence-corrected chi connectivity index (χ2v) is 8.13. The molecule has 0 N–H and O–H groups in total. The molecular formula is C27H22N4O3. The Labute approximate surface area is 195 Å². The summed E-state index contributed by atoms with van der Waals surface area (Å²) in [5, 5.41) is 0.790. The first-order valence-electron chi connectivity index (χ1n) is 11.2. The minimum atomic E-state index is -0.240. The molecule has 0 unspecified atom stereocenters. The standard InChI is InChI=1S/C27H22N4O3/c32-27-23-21(17-22(18-28-23)30-13-15-33-16-14-30)11-12-31(27)25-24(19-7-3-1-4-8-19)34-26(29-25)20-9-5-2-6-10-20/h1-12,17-18H,13-16H2. The van der Waals surface area contributed by atoms with Crippen LogP contribution in [0.3, 0.4) is 0 Å². The van der Waals surface area contributed by atoms with Gasteiger partial charge >= 0.3 is 0 Å². The molecule has 1 fully saturated rings. The van der Waals surface area contributed by atoms with Gasteiger partial charge in [0.15, 0.2) is 11.6 Å². The largest absolute Gasteiger partial charge is 0.434 e. The number of fused-ring (bicyclic) bond motifs is 1. The molecule has 0 spiro atoms. The zero-order valence-electron chi connectivity index (χ0n) is 18.4. The lowest BCUT2D eigenvalue weighted by molar-refractivity contribution is 0.122. The highest BCUT2D eigenvalue weighted by molar-refractivity contribution is 5.81. The Morgan fingerprint density at radius 3 is 2.29 bits per heavy atom.